The van der Waals surface area contributed by atoms with Crippen LogP contribution in [0.25, 0.3) is 21.3 Å². The number of benzene rings is 2. The Morgan fingerprint density at radius 1 is 1.15 bits per heavy atom. The summed E-state index contributed by atoms with van der Waals surface area (Å²) < 4.78 is 1.13. The molecule has 1 aromatic heterocycles. The van der Waals surface area contributed by atoms with Gasteiger partial charge in [0.25, 0.3) is 0 Å². The van der Waals surface area contributed by atoms with Crippen molar-refractivity contribution in [3.8, 4) is 11.1 Å². The van der Waals surface area contributed by atoms with Crippen molar-refractivity contribution < 1.29 is 9.59 Å². The molecule has 1 aliphatic heterocycles. The normalized spacial score (nSPS) is 18.1. The first-order valence-corrected chi connectivity index (χ1v) is 13.1. The van der Waals surface area contributed by atoms with Crippen LogP contribution in [0, 0.1) is 11.3 Å². The minimum Gasteiger partial charge on any atom is -0.344 e. The molecule has 0 aliphatic carbocycles. The SMILES string of the molecule is CC[C@@H](C)C(=O)N[C@H](C(=O)N1CCC[C@H]1c1nc2c(-c3ccccc3)cccc2s1)C(C)(C)C. The zero-order chi connectivity index (χ0) is 24.5. The number of rotatable bonds is 6. The molecule has 3 aromatic rings. The molecule has 0 unspecified atom stereocenters. The van der Waals surface area contributed by atoms with Gasteiger partial charge in [-0.15, -0.1) is 11.3 Å². The highest BCUT2D eigenvalue weighted by Gasteiger charge is 2.41. The molecule has 180 valence electrons. The van der Waals surface area contributed by atoms with Gasteiger partial charge in [0.1, 0.15) is 11.0 Å². The molecule has 3 atom stereocenters. The van der Waals surface area contributed by atoms with E-state index in [-0.39, 0.29) is 29.2 Å². The van der Waals surface area contributed by atoms with Gasteiger partial charge < -0.3 is 10.2 Å². The molecule has 1 aliphatic rings. The third-order valence-corrected chi connectivity index (χ3v) is 7.92. The number of hydrogen-bond acceptors (Lipinski definition) is 4. The molecule has 0 radical (unpaired) electrons. The summed E-state index contributed by atoms with van der Waals surface area (Å²) in [5.41, 5.74) is 2.86. The molecule has 2 aromatic carbocycles. The van der Waals surface area contributed by atoms with E-state index in [2.05, 4.69) is 35.6 Å². The van der Waals surface area contributed by atoms with Gasteiger partial charge in [0.2, 0.25) is 11.8 Å². The Hall–Kier alpha value is -2.73. The lowest BCUT2D eigenvalue weighted by Gasteiger charge is -2.35. The molecule has 0 bridgehead atoms. The second-order valence-electron chi connectivity index (χ2n) is 10.4. The molecule has 0 saturated carbocycles. The summed E-state index contributed by atoms with van der Waals surface area (Å²) in [5.74, 6) is -0.180. The second kappa shape index (κ2) is 9.87. The summed E-state index contributed by atoms with van der Waals surface area (Å²) >= 11 is 1.67. The molecule has 1 fully saturated rings. The highest BCUT2D eigenvalue weighted by molar-refractivity contribution is 7.18. The number of likely N-dealkylation sites (tertiary alicyclic amines) is 1. The number of nitrogens with one attached hydrogen (secondary N) is 1. The molecule has 2 amide bonds. The van der Waals surface area contributed by atoms with Crippen LogP contribution < -0.4 is 5.32 Å². The number of fused-ring (bicyclic) bond motifs is 1. The number of aromatic nitrogens is 1. The van der Waals surface area contributed by atoms with E-state index in [0.717, 1.165) is 45.6 Å². The van der Waals surface area contributed by atoms with E-state index in [9.17, 15) is 9.59 Å². The molecule has 6 heteroatoms. The standard InChI is InChI=1S/C28H35N3O2S/c1-6-18(2)25(32)30-24(28(3,4)5)27(33)31-17-11-15-21(31)26-29-23-20(14-10-16-22(23)34-26)19-12-8-7-9-13-19/h7-10,12-14,16,18,21,24H,6,11,15,17H2,1-5H3,(H,30,32)/t18-,21+,24-/m1/s1. The maximum absolute atomic E-state index is 13.8. The van der Waals surface area contributed by atoms with E-state index in [1.54, 1.807) is 11.3 Å². The highest BCUT2D eigenvalue weighted by atomic mass is 32.1. The zero-order valence-electron chi connectivity index (χ0n) is 20.8. The van der Waals surface area contributed by atoms with Crippen LogP contribution in [0.4, 0.5) is 0 Å². The van der Waals surface area contributed by atoms with Crippen molar-refractivity contribution in [2.24, 2.45) is 11.3 Å². The fraction of sp³-hybridized carbons (Fsp3) is 0.464. The number of thiazole rings is 1. The summed E-state index contributed by atoms with van der Waals surface area (Å²) in [4.78, 5) is 33.5. The van der Waals surface area contributed by atoms with E-state index >= 15 is 0 Å². The van der Waals surface area contributed by atoms with E-state index in [4.69, 9.17) is 4.98 Å². The van der Waals surface area contributed by atoms with Gasteiger partial charge >= 0.3 is 0 Å². The maximum atomic E-state index is 13.8. The number of para-hydroxylation sites is 1. The second-order valence-corrected chi connectivity index (χ2v) is 11.4. The largest absolute Gasteiger partial charge is 0.344 e. The van der Waals surface area contributed by atoms with E-state index in [1.165, 1.54) is 0 Å². The predicted octanol–water partition coefficient (Wildman–Crippen LogP) is 6.20. The van der Waals surface area contributed by atoms with Crippen molar-refractivity contribution in [3.63, 3.8) is 0 Å². The Morgan fingerprint density at radius 2 is 1.88 bits per heavy atom. The average Bonchev–Trinajstić information content (AvgIpc) is 3.48. The van der Waals surface area contributed by atoms with Crippen LogP contribution in [0.3, 0.4) is 0 Å². The van der Waals surface area contributed by atoms with Crippen molar-refractivity contribution in [1.29, 1.82) is 0 Å². The van der Waals surface area contributed by atoms with Crippen LogP contribution in [-0.2, 0) is 9.59 Å². The monoisotopic (exact) mass is 477 g/mol. The third kappa shape index (κ3) is 4.88. The van der Waals surface area contributed by atoms with Crippen LogP contribution in [-0.4, -0.2) is 34.3 Å². The van der Waals surface area contributed by atoms with Crippen molar-refractivity contribution in [1.82, 2.24) is 15.2 Å². The Labute approximate surface area is 206 Å². The lowest BCUT2D eigenvalue weighted by atomic mass is 9.85. The quantitative estimate of drug-likeness (QED) is 0.459. The Kier molecular flexibility index (Phi) is 7.08. The summed E-state index contributed by atoms with van der Waals surface area (Å²) in [6.07, 6.45) is 2.58. The van der Waals surface area contributed by atoms with Gasteiger partial charge in [-0.25, -0.2) is 4.98 Å². The number of carbonyl (C=O) groups excluding carboxylic acids is 2. The molecule has 4 rings (SSSR count). The van der Waals surface area contributed by atoms with E-state index < -0.39 is 6.04 Å². The van der Waals surface area contributed by atoms with Gasteiger partial charge in [-0.1, -0.05) is 77.1 Å². The third-order valence-electron chi connectivity index (χ3n) is 6.80. The Morgan fingerprint density at radius 3 is 2.56 bits per heavy atom. The molecule has 2 heterocycles. The lowest BCUT2D eigenvalue weighted by Crippen LogP contribution is -2.55. The van der Waals surface area contributed by atoms with Gasteiger partial charge in [-0.2, -0.15) is 0 Å². The van der Waals surface area contributed by atoms with Gasteiger partial charge in [0.05, 0.1) is 16.3 Å². The number of amides is 2. The van der Waals surface area contributed by atoms with Crippen molar-refractivity contribution in [2.45, 2.75) is 66.0 Å². The summed E-state index contributed by atoms with van der Waals surface area (Å²) in [5, 5.41) is 4.04. The molecular weight excluding hydrogens is 442 g/mol. The first-order chi connectivity index (χ1) is 16.2. The molecule has 1 N–H and O–H groups in total. The number of carbonyl (C=O) groups is 2. The lowest BCUT2D eigenvalue weighted by molar-refractivity contribution is -0.141. The fourth-order valence-corrected chi connectivity index (χ4v) is 5.67. The summed E-state index contributed by atoms with van der Waals surface area (Å²) in [6, 6.07) is 16.0. The Balaban J connectivity index is 1.65. The first-order valence-electron chi connectivity index (χ1n) is 12.3. The van der Waals surface area contributed by atoms with Crippen LogP contribution in [0.15, 0.2) is 48.5 Å². The maximum Gasteiger partial charge on any atom is 0.246 e. The predicted molar refractivity (Wildman–Crippen MR) is 140 cm³/mol. The topological polar surface area (TPSA) is 62.3 Å². The minimum atomic E-state index is -0.566. The molecule has 34 heavy (non-hydrogen) atoms. The van der Waals surface area contributed by atoms with Crippen LogP contribution in [0.2, 0.25) is 0 Å². The zero-order valence-corrected chi connectivity index (χ0v) is 21.6. The Bertz CT molecular complexity index is 1170. The summed E-state index contributed by atoms with van der Waals surface area (Å²) in [7, 11) is 0. The first kappa shape index (κ1) is 24.4. The number of nitrogens with zero attached hydrogens (tertiary/aromatic N) is 2. The molecule has 1 saturated heterocycles. The number of hydrogen-bond donors (Lipinski definition) is 1. The van der Waals surface area contributed by atoms with Crippen LogP contribution >= 0.6 is 11.3 Å². The van der Waals surface area contributed by atoms with Crippen molar-refractivity contribution in [2.75, 3.05) is 6.54 Å². The highest BCUT2D eigenvalue weighted by Crippen LogP contribution is 2.40. The van der Waals surface area contributed by atoms with Gasteiger partial charge in [0.15, 0.2) is 0 Å². The molecule has 5 nitrogen and oxygen atoms in total. The van der Waals surface area contributed by atoms with E-state index in [1.807, 2.05) is 57.7 Å². The minimum absolute atomic E-state index is 0.00538. The summed E-state index contributed by atoms with van der Waals surface area (Å²) in [6.45, 7) is 10.6. The van der Waals surface area contributed by atoms with Gasteiger partial charge in [0, 0.05) is 18.0 Å². The van der Waals surface area contributed by atoms with Crippen LogP contribution in [0.1, 0.15) is 64.9 Å². The van der Waals surface area contributed by atoms with Crippen molar-refractivity contribution >= 4 is 33.4 Å². The van der Waals surface area contributed by atoms with Crippen molar-refractivity contribution in [3.05, 3.63) is 53.5 Å². The van der Waals surface area contributed by atoms with Gasteiger partial charge in [-0.05, 0) is 36.3 Å². The van der Waals surface area contributed by atoms with Gasteiger partial charge in [-0.3, -0.25) is 9.59 Å². The molecular formula is C28H35N3O2S. The fourth-order valence-electron chi connectivity index (χ4n) is 4.53. The van der Waals surface area contributed by atoms with E-state index in [0.29, 0.717) is 6.54 Å². The molecule has 0 spiro atoms. The van der Waals surface area contributed by atoms with Crippen LogP contribution in [0.5, 0.6) is 0 Å². The smallest absolute Gasteiger partial charge is 0.246 e. The average molecular weight is 478 g/mol.